The number of hydrogen-bond acceptors (Lipinski definition) is 5. The van der Waals surface area contributed by atoms with Gasteiger partial charge in [0.15, 0.2) is 0 Å². The summed E-state index contributed by atoms with van der Waals surface area (Å²) in [6, 6.07) is 4.30. The number of nitrogens with zero attached hydrogens (tertiary/aromatic N) is 1. The Balaban J connectivity index is 2.30. The molecule has 0 radical (unpaired) electrons. The Morgan fingerprint density at radius 3 is 2.67 bits per heavy atom. The second-order valence-electron chi connectivity index (χ2n) is 5.66. The minimum absolute atomic E-state index is 0.135. The van der Waals surface area contributed by atoms with Gasteiger partial charge in [-0.1, -0.05) is 18.1 Å². The molecule has 1 heterocycles. The van der Waals surface area contributed by atoms with Crippen LogP contribution in [-0.4, -0.2) is 34.7 Å². The fraction of sp³-hybridized carbons (Fsp3) is 0.353. The first-order valence-electron chi connectivity index (χ1n) is 7.67. The number of nitrogens with one attached hydrogen (secondary N) is 1. The summed E-state index contributed by atoms with van der Waals surface area (Å²) in [6.45, 7) is 5.58. The van der Waals surface area contributed by atoms with Crippen LogP contribution in [0.3, 0.4) is 0 Å². The molecule has 2 rings (SSSR count). The van der Waals surface area contributed by atoms with Crippen LogP contribution in [0, 0.1) is 13.8 Å². The van der Waals surface area contributed by atoms with Crippen LogP contribution in [-0.2, 0) is 11.2 Å². The van der Waals surface area contributed by atoms with Crippen molar-refractivity contribution in [1.82, 2.24) is 10.5 Å². The topological polar surface area (TPSA) is 118 Å². The van der Waals surface area contributed by atoms with E-state index < -0.39 is 12.0 Å². The quantitative estimate of drug-likeness (QED) is 0.741. The van der Waals surface area contributed by atoms with E-state index in [-0.39, 0.29) is 12.5 Å². The molecule has 0 saturated heterocycles. The van der Waals surface area contributed by atoms with E-state index in [0.29, 0.717) is 12.0 Å². The zero-order valence-electron chi connectivity index (χ0n) is 13.9. The summed E-state index contributed by atoms with van der Waals surface area (Å²) in [5.74, 6) is -0.769. The van der Waals surface area contributed by atoms with Gasteiger partial charge >= 0.3 is 5.97 Å². The standard InChI is InChI=1S/C17H21N3O4/c1-4-14-15(10(3)20-24-14)11-5-9(2)6-12(7-11)16(21)19-8-13(18)17(22)23/h5-7,13H,4,8,18H2,1-3H3,(H,19,21)(H,22,23)/t13-/m1/s1. The second-order valence-corrected chi connectivity index (χ2v) is 5.66. The van der Waals surface area contributed by atoms with E-state index in [1.54, 1.807) is 12.1 Å². The fourth-order valence-corrected chi connectivity index (χ4v) is 2.48. The van der Waals surface area contributed by atoms with Gasteiger partial charge in [-0.15, -0.1) is 0 Å². The lowest BCUT2D eigenvalue weighted by atomic mass is 9.98. The number of aliphatic carboxylic acids is 1. The van der Waals surface area contributed by atoms with E-state index in [4.69, 9.17) is 15.4 Å². The van der Waals surface area contributed by atoms with Crippen LogP contribution in [0.4, 0.5) is 0 Å². The number of nitrogens with two attached hydrogens (primary N) is 1. The van der Waals surface area contributed by atoms with Crippen LogP contribution in [0.5, 0.6) is 0 Å². The van der Waals surface area contributed by atoms with E-state index in [0.717, 1.165) is 28.1 Å². The summed E-state index contributed by atoms with van der Waals surface area (Å²) in [4.78, 5) is 23.0. The molecule has 1 aromatic carbocycles. The highest BCUT2D eigenvalue weighted by Gasteiger charge is 2.17. The summed E-state index contributed by atoms with van der Waals surface area (Å²) >= 11 is 0. The zero-order chi connectivity index (χ0) is 17.9. The van der Waals surface area contributed by atoms with Crippen LogP contribution in [0.15, 0.2) is 22.7 Å². The van der Waals surface area contributed by atoms with Crippen molar-refractivity contribution in [3.8, 4) is 11.1 Å². The number of amides is 1. The minimum Gasteiger partial charge on any atom is -0.480 e. The summed E-state index contributed by atoms with van der Waals surface area (Å²) in [6.07, 6.45) is 0.694. The van der Waals surface area contributed by atoms with Gasteiger partial charge in [-0.2, -0.15) is 0 Å². The first-order valence-corrected chi connectivity index (χ1v) is 7.67. The molecule has 2 aromatic rings. The van der Waals surface area contributed by atoms with E-state index in [9.17, 15) is 9.59 Å². The molecule has 7 nitrogen and oxygen atoms in total. The van der Waals surface area contributed by atoms with Crippen molar-refractivity contribution in [2.45, 2.75) is 33.2 Å². The van der Waals surface area contributed by atoms with E-state index >= 15 is 0 Å². The van der Waals surface area contributed by atoms with Gasteiger partial charge in [0.25, 0.3) is 5.91 Å². The monoisotopic (exact) mass is 331 g/mol. The van der Waals surface area contributed by atoms with Gasteiger partial charge in [0.1, 0.15) is 11.8 Å². The van der Waals surface area contributed by atoms with Gasteiger partial charge in [-0.3, -0.25) is 9.59 Å². The summed E-state index contributed by atoms with van der Waals surface area (Å²) in [5, 5.41) is 15.3. The molecule has 4 N–H and O–H groups in total. The van der Waals surface area contributed by atoms with Crippen LogP contribution in [0.1, 0.15) is 34.3 Å². The Morgan fingerprint density at radius 2 is 2.04 bits per heavy atom. The number of carboxylic acids is 1. The fourth-order valence-electron chi connectivity index (χ4n) is 2.48. The molecule has 1 atom stereocenters. The zero-order valence-corrected chi connectivity index (χ0v) is 13.9. The van der Waals surface area contributed by atoms with E-state index in [1.165, 1.54) is 0 Å². The molecule has 0 aliphatic rings. The molecule has 0 unspecified atom stereocenters. The maximum absolute atomic E-state index is 12.3. The Morgan fingerprint density at radius 1 is 1.33 bits per heavy atom. The number of aromatic nitrogens is 1. The van der Waals surface area contributed by atoms with Gasteiger partial charge < -0.3 is 20.7 Å². The molecular weight excluding hydrogens is 310 g/mol. The van der Waals surface area contributed by atoms with Crippen molar-refractivity contribution in [1.29, 1.82) is 0 Å². The van der Waals surface area contributed by atoms with Gasteiger partial charge in [-0.05, 0) is 37.1 Å². The third-order valence-electron chi connectivity index (χ3n) is 3.68. The van der Waals surface area contributed by atoms with E-state index in [1.807, 2.05) is 26.8 Å². The van der Waals surface area contributed by atoms with Crippen LogP contribution < -0.4 is 11.1 Å². The molecule has 0 fully saturated rings. The van der Waals surface area contributed by atoms with Crippen molar-refractivity contribution < 1.29 is 19.2 Å². The molecule has 0 spiro atoms. The molecule has 1 aromatic heterocycles. The number of carboxylic acid groups (broad SMARTS) is 1. The average Bonchev–Trinajstić information content (AvgIpc) is 2.92. The van der Waals surface area contributed by atoms with Crippen molar-refractivity contribution in [3.05, 3.63) is 40.8 Å². The highest BCUT2D eigenvalue weighted by atomic mass is 16.5. The van der Waals surface area contributed by atoms with Crippen molar-refractivity contribution in [3.63, 3.8) is 0 Å². The number of carbonyl (C=O) groups excluding carboxylic acids is 1. The number of hydrogen-bond donors (Lipinski definition) is 3. The van der Waals surface area contributed by atoms with E-state index in [2.05, 4.69) is 10.5 Å². The Labute approximate surface area is 139 Å². The Kier molecular flexibility index (Phi) is 5.35. The lowest BCUT2D eigenvalue weighted by molar-refractivity contribution is -0.138. The molecule has 0 bridgehead atoms. The van der Waals surface area contributed by atoms with Crippen molar-refractivity contribution in [2.75, 3.05) is 6.54 Å². The lowest BCUT2D eigenvalue weighted by Gasteiger charge is -2.11. The normalized spacial score (nSPS) is 12.0. The maximum Gasteiger partial charge on any atom is 0.322 e. The molecule has 0 aliphatic heterocycles. The highest BCUT2D eigenvalue weighted by molar-refractivity contribution is 5.96. The predicted molar refractivity (Wildman–Crippen MR) is 88.7 cm³/mol. The van der Waals surface area contributed by atoms with Crippen molar-refractivity contribution >= 4 is 11.9 Å². The summed E-state index contributed by atoms with van der Waals surface area (Å²) in [5.41, 5.74) is 9.24. The van der Waals surface area contributed by atoms with Gasteiger partial charge in [-0.25, -0.2) is 0 Å². The van der Waals surface area contributed by atoms with Gasteiger partial charge in [0.05, 0.1) is 5.69 Å². The van der Waals surface area contributed by atoms with Crippen LogP contribution >= 0.6 is 0 Å². The SMILES string of the molecule is CCc1onc(C)c1-c1cc(C)cc(C(=O)NC[C@@H](N)C(=O)O)c1. The Bertz CT molecular complexity index is 767. The molecular formula is C17H21N3O4. The smallest absolute Gasteiger partial charge is 0.322 e. The van der Waals surface area contributed by atoms with Gasteiger partial charge in [0.2, 0.25) is 0 Å². The summed E-state index contributed by atoms with van der Waals surface area (Å²) in [7, 11) is 0. The third kappa shape index (κ3) is 3.80. The third-order valence-corrected chi connectivity index (χ3v) is 3.68. The molecule has 0 aliphatic carbocycles. The second kappa shape index (κ2) is 7.27. The van der Waals surface area contributed by atoms with Crippen molar-refractivity contribution in [2.24, 2.45) is 5.73 Å². The number of rotatable bonds is 6. The molecule has 24 heavy (non-hydrogen) atoms. The van der Waals surface area contributed by atoms with Crippen LogP contribution in [0.2, 0.25) is 0 Å². The van der Waals surface area contributed by atoms with Crippen LogP contribution in [0.25, 0.3) is 11.1 Å². The highest BCUT2D eigenvalue weighted by Crippen LogP contribution is 2.29. The average molecular weight is 331 g/mol. The minimum atomic E-state index is -1.16. The lowest BCUT2D eigenvalue weighted by Crippen LogP contribution is -2.42. The largest absolute Gasteiger partial charge is 0.480 e. The Hall–Kier alpha value is -2.67. The first kappa shape index (κ1) is 17.7. The predicted octanol–water partition coefficient (Wildman–Crippen LogP) is 1.66. The molecule has 128 valence electrons. The molecule has 0 saturated carbocycles. The maximum atomic E-state index is 12.3. The first-order chi connectivity index (χ1) is 11.3. The number of carbonyl (C=O) groups is 2. The summed E-state index contributed by atoms with van der Waals surface area (Å²) < 4.78 is 5.31. The molecule has 7 heteroatoms. The van der Waals surface area contributed by atoms with Gasteiger partial charge in [0, 0.05) is 24.1 Å². The number of aryl methyl sites for hydroxylation is 3. The molecule has 1 amide bonds. The number of benzene rings is 1.